The summed E-state index contributed by atoms with van der Waals surface area (Å²) in [5.41, 5.74) is 2.77. The van der Waals surface area contributed by atoms with Crippen LogP contribution in [0.2, 0.25) is 0 Å². The molecule has 1 aliphatic carbocycles. The molecule has 2 rings (SSSR count). The zero-order valence-corrected chi connectivity index (χ0v) is 13.2. The highest BCUT2D eigenvalue weighted by molar-refractivity contribution is 7.99. The number of benzene rings is 1. The molecular formula is C17H27NS. The number of hydrogen-bond acceptors (Lipinski definition) is 2. The van der Waals surface area contributed by atoms with Crippen molar-refractivity contribution in [1.82, 2.24) is 5.32 Å². The number of thioether (sulfide) groups is 1. The molecule has 1 N–H and O–H groups in total. The highest BCUT2D eigenvalue weighted by Gasteiger charge is 2.12. The summed E-state index contributed by atoms with van der Waals surface area (Å²) in [6.45, 7) is 6.74. The quantitative estimate of drug-likeness (QED) is 0.604. The number of nitrogens with one attached hydrogen (secondary N) is 1. The van der Waals surface area contributed by atoms with Crippen molar-refractivity contribution in [3.63, 3.8) is 0 Å². The van der Waals surface area contributed by atoms with Crippen LogP contribution in [-0.4, -0.2) is 18.8 Å². The fourth-order valence-electron chi connectivity index (χ4n) is 2.79. The molecule has 1 fully saturated rings. The van der Waals surface area contributed by atoms with E-state index in [0.29, 0.717) is 0 Å². The standard InChI is InChI=1S/C17H27NS/c1-14-8-9-15(2)17(12-14)19-11-10-18-13-16-6-4-3-5-7-16/h8-9,12,16,18H,3-7,10-11,13H2,1-2H3. The molecule has 1 aliphatic rings. The zero-order valence-electron chi connectivity index (χ0n) is 12.4. The van der Waals surface area contributed by atoms with E-state index in [9.17, 15) is 0 Å². The minimum atomic E-state index is 0.944. The van der Waals surface area contributed by atoms with Gasteiger partial charge in [-0.3, -0.25) is 0 Å². The van der Waals surface area contributed by atoms with Crippen molar-refractivity contribution in [3.05, 3.63) is 29.3 Å². The Morgan fingerprint density at radius 1 is 1.16 bits per heavy atom. The van der Waals surface area contributed by atoms with Crippen molar-refractivity contribution in [2.45, 2.75) is 50.8 Å². The van der Waals surface area contributed by atoms with Gasteiger partial charge in [0, 0.05) is 17.2 Å². The summed E-state index contributed by atoms with van der Waals surface area (Å²) in [6.07, 6.45) is 7.24. The van der Waals surface area contributed by atoms with Crippen LogP contribution in [0.3, 0.4) is 0 Å². The van der Waals surface area contributed by atoms with Gasteiger partial charge in [0.15, 0.2) is 0 Å². The van der Waals surface area contributed by atoms with Gasteiger partial charge in [0.25, 0.3) is 0 Å². The Hall–Kier alpha value is -0.470. The molecule has 0 aliphatic heterocycles. The van der Waals surface area contributed by atoms with Crippen LogP contribution in [0.4, 0.5) is 0 Å². The molecule has 1 nitrogen and oxygen atoms in total. The first kappa shape index (κ1) is 14.9. The lowest BCUT2D eigenvalue weighted by Crippen LogP contribution is -2.26. The van der Waals surface area contributed by atoms with E-state index in [-0.39, 0.29) is 0 Å². The third kappa shape index (κ3) is 5.19. The van der Waals surface area contributed by atoms with E-state index in [4.69, 9.17) is 0 Å². The molecule has 0 unspecified atom stereocenters. The fraction of sp³-hybridized carbons (Fsp3) is 0.647. The van der Waals surface area contributed by atoms with Gasteiger partial charge in [-0.25, -0.2) is 0 Å². The Morgan fingerprint density at radius 2 is 1.95 bits per heavy atom. The van der Waals surface area contributed by atoms with E-state index >= 15 is 0 Å². The van der Waals surface area contributed by atoms with Gasteiger partial charge in [0.2, 0.25) is 0 Å². The maximum atomic E-state index is 3.64. The van der Waals surface area contributed by atoms with Gasteiger partial charge in [-0.1, -0.05) is 37.0 Å². The summed E-state index contributed by atoms with van der Waals surface area (Å²) in [6, 6.07) is 6.73. The second kappa shape index (κ2) is 7.96. The Kier molecular flexibility index (Phi) is 6.25. The zero-order chi connectivity index (χ0) is 13.5. The first-order chi connectivity index (χ1) is 9.25. The van der Waals surface area contributed by atoms with Crippen LogP contribution in [0.15, 0.2) is 23.1 Å². The van der Waals surface area contributed by atoms with Gasteiger partial charge in [-0.05, 0) is 50.8 Å². The molecule has 106 valence electrons. The molecule has 1 saturated carbocycles. The molecule has 19 heavy (non-hydrogen) atoms. The van der Waals surface area contributed by atoms with Crippen molar-refractivity contribution in [2.75, 3.05) is 18.8 Å². The molecule has 2 heteroatoms. The van der Waals surface area contributed by atoms with Crippen LogP contribution in [0.5, 0.6) is 0 Å². The Morgan fingerprint density at radius 3 is 2.74 bits per heavy atom. The van der Waals surface area contributed by atoms with Crippen LogP contribution >= 0.6 is 11.8 Å². The lowest BCUT2D eigenvalue weighted by molar-refractivity contribution is 0.345. The lowest BCUT2D eigenvalue weighted by Gasteiger charge is -2.21. The highest BCUT2D eigenvalue weighted by atomic mass is 32.2. The maximum absolute atomic E-state index is 3.64. The minimum Gasteiger partial charge on any atom is -0.316 e. The largest absolute Gasteiger partial charge is 0.316 e. The second-order valence-corrected chi connectivity index (χ2v) is 6.96. The molecule has 0 radical (unpaired) electrons. The topological polar surface area (TPSA) is 12.0 Å². The summed E-state index contributed by atoms with van der Waals surface area (Å²) in [4.78, 5) is 1.44. The van der Waals surface area contributed by atoms with E-state index in [1.54, 1.807) is 0 Å². The van der Waals surface area contributed by atoms with Crippen LogP contribution in [0.25, 0.3) is 0 Å². The van der Waals surface area contributed by atoms with Gasteiger partial charge in [0.05, 0.1) is 0 Å². The third-order valence-electron chi connectivity index (χ3n) is 4.04. The Balaban J connectivity index is 1.62. The Labute approximate surface area is 122 Å². The molecule has 0 amide bonds. The van der Waals surface area contributed by atoms with E-state index in [0.717, 1.165) is 12.5 Å². The van der Waals surface area contributed by atoms with Crippen molar-refractivity contribution < 1.29 is 0 Å². The highest BCUT2D eigenvalue weighted by Crippen LogP contribution is 2.24. The van der Waals surface area contributed by atoms with Crippen LogP contribution < -0.4 is 5.32 Å². The molecule has 0 bridgehead atoms. The van der Waals surface area contributed by atoms with Crippen molar-refractivity contribution in [2.24, 2.45) is 5.92 Å². The smallest absolute Gasteiger partial charge is 0.0106 e. The molecule has 1 aromatic rings. The summed E-state index contributed by atoms with van der Waals surface area (Å²) in [7, 11) is 0. The van der Waals surface area contributed by atoms with Gasteiger partial charge in [-0.2, -0.15) is 0 Å². The third-order valence-corrected chi connectivity index (χ3v) is 5.20. The van der Waals surface area contributed by atoms with E-state index in [1.807, 2.05) is 11.8 Å². The normalized spacial score (nSPS) is 16.7. The molecule has 0 aromatic heterocycles. The van der Waals surface area contributed by atoms with Gasteiger partial charge in [0.1, 0.15) is 0 Å². The molecule has 0 atom stereocenters. The SMILES string of the molecule is Cc1ccc(C)c(SCCNCC2CCCCC2)c1. The molecule has 1 aromatic carbocycles. The van der Waals surface area contributed by atoms with E-state index in [1.165, 1.54) is 60.4 Å². The van der Waals surface area contributed by atoms with Gasteiger partial charge < -0.3 is 5.32 Å². The average Bonchev–Trinajstić information content (AvgIpc) is 2.43. The predicted molar refractivity (Wildman–Crippen MR) is 86.1 cm³/mol. The van der Waals surface area contributed by atoms with Crippen LogP contribution in [0, 0.1) is 19.8 Å². The molecular weight excluding hydrogens is 250 g/mol. The predicted octanol–water partition coefficient (Wildman–Crippen LogP) is 4.57. The maximum Gasteiger partial charge on any atom is 0.0106 e. The lowest BCUT2D eigenvalue weighted by atomic mass is 9.89. The number of aryl methyl sites for hydroxylation is 2. The minimum absolute atomic E-state index is 0.944. The van der Waals surface area contributed by atoms with Crippen molar-refractivity contribution in [3.8, 4) is 0 Å². The molecule has 0 saturated heterocycles. The molecule has 0 heterocycles. The monoisotopic (exact) mass is 277 g/mol. The Bertz CT molecular complexity index is 383. The number of rotatable bonds is 6. The summed E-state index contributed by atoms with van der Waals surface area (Å²) >= 11 is 1.99. The first-order valence-corrected chi connectivity index (χ1v) is 8.65. The fourth-order valence-corrected chi connectivity index (χ4v) is 3.82. The van der Waals surface area contributed by atoms with Gasteiger partial charge >= 0.3 is 0 Å². The van der Waals surface area contributed by atoms with Crippen molar-refractivity contribution in [1.29, 1.82) is 0 Å². The summed E-state index contributed by atoms with van der Waals surface area (Å²) < 4.78 is 0. The number of hydrogen-bond donors (Lipinski definition) is 1. The summed E-state index contributed by atoms with van der Waals surface area (Å²) in [5, 5.41) is 3.64. The summed E-state index contributed by atoms with van der Waals surface area (Å²) in [5.74, 6) is 2.12. The van der Waals surface area contributed by atoms with Gasteiger partial charge in [-0.15, -0.1) is 11.8 Å². The van der Waals surface area contributed by atoms with Crippen LogP contribution in [-0.2, 0) is 0 Å². The van der Waals surface area contributed by atoms with E-state index < -0.39 is 0 Å². The van der Waals surface area contributed by atoms with Crippen molar-refractivity contribution >= 4 is 11.8 Å². The second-order valence-electron chi connectivity index (χ2n) is 5.83. The first-order valence-electron chi connectivity index (χ1n) is 7.66. The average molecular weight is 277 g/mol. The van der Waals surface area contributed by atoms with Crippen LogP contribution in [0.1, 0.15) is 43.2 Å². The van der Waals surface area contributed by atoms with E-state index in [2.05, 4.69) is 37.4 Å². The molecule has 0 spiro atoms.